The molecule has 0 bridgehead atoms. The number of amides is 1. The van der Waals surface area contributed by atoms with Crippen LogP contribution < -0.4 is 5.32 Å². The van der Waals surface area contributed by atoms with E-state index in [0.29, 0.717) is 18.5 Å². The van der Waals surface area contributed by atoms with E-state index in [-0.39, 0.29) is 0 Å². The molecule has 18 heavy (non-hydrogen) atoms. The van der Waals surface area contributed by atoms with E-state index in [1.165, 1.54) is 12.8 Å². The minimum atomic E-state index is 0.301. The lowest BCUT2D eigenvalue weighted by Gasteiger charge is -2.33. The zero-order valence-electron chi connectivity index (χ0n) is 12.2. The second-order valence-corrected chi connectivity index (χ2v) is 5.24. The molecule has 0 radical (unpaired) electrons. The molecule has 1 amide bonds. The number of nitrogens with zero attached hydrogens (tertiary/aromatic N) is 2. The second kappa shape index (κ2) is 8.48. The summed E-state index contributed by atoms with van der Waals surface area (Å²) in [7, 11) is 2.01. The molecule has 0 aromatic carbocycles. The Balaban J connectivity index is 2.41. The zero-order chi connectivity index (χ0) is 13.4. The molecule has 1 aliphatic heterocycles. The summed E-state index contributed by atoms with van der Waals surface area (Å²) in [5.41, 5.74) is 0. The minimum Gasteiger partial charge on any atom is -0.342 e. The molecule has 0 spiro atoms. The molecule has 1 unspecified atom stereocenters. The van der Waals surface area contributed by atoms with E-state index < -0.39 is 0 Å². The first kappa shape index (κ1) is 15.4. The highest BCUT2D eigenvalue weighted by Crippen LogP contribution is 2.10. The van der Waals surface area contributed by atoms with Crippen LogP contribution in [0.1, 0.15) is 39.5 Å². The summed E-state index contributed by atoms with van der Waals surface area (Å²) in [4.78, 5) is 16.6. The average molecular weight is 255 g/mol. The van der Waals surface area contributed by atoms with Gasteiger partial charge in [0.25, 0.3) is 0 Å². The van der Waals surface area contributed by atoms with E-state index in [1.807, 2.05) is 11.9 Å². The molecule has 0 saturated carbocycles. The Hall–Kier alpha value is -0.610. The number of likely N-dealkylation sites (tertiary alicyclic amines) is 1. The Kier molecular flexibility index (Phi) is 7.28. The molecular formula is C14H29N3O. The highest BCUT2D eigenvalue weighted by atomic mass is 16.2. The fourth-order valence-corrected chi connectivity index (χ4v) is 2.63. The van der Waals surface area contributed by atoms with Crippen LogP contribution in [0.5, 0.6) is 0 Å². The molecule has 4 nitrogen and oxygen atoms in total. The lowest BCUT2D eigenvalue weighted by molar-refractivity contribution is -0.132. The van der Waals surface area contributed by atoms with Crippen molar-refractivity contribution < 1.29 is 4.79 Å². The van der Waals surface area contributed by atoms with Crippen molar-refractivity contribution >= 4 is 5.91 Å². The van der Waals surface area contributed by atoms with Gasteiger partial charge in [-0.05, 0) is 39.3 Å². The maximum Gasteiger partial charge on any atom is 0.236 e. The third kappa shape index (κ3) is 4.94. The van der Waals surface area contributed by atoms with Crippen molar-refractivity contribution in [3.63, 3.8) is 0 Å². The van der Waals surface area contributed by atoms with Crippen molar-refractivity contribution in [1.29, 1.82) is 0 Å². The van der Waals surface area contributed by atoms with Crippen LogP contribution in [0.3, 0.4) is 0 Å². The number of hydrogen-bond acceptors (Lipinski definition) is 3. The summed E-state index contributed by atoms with van der Waals surface area (Å²) in [6, 6.07) is 0.553. The van der Waals surface area contributed by atoms with Crippen molar-refractivity contribution in [2.45, 2.75) is 45.6 Å². The fourth-order valence-electron chi connectivity index (χ4n) is 2.63. The van der Waals surface area contributed by atoms with E-state index in [1.54, 1.807) is 0 Å². The van der Waals surface area contributed by atoms with E-state index in [4.69, 9.17) is 0 Å². The quantitative estimate of drug-likeness (QED) is 0.745. The van der Waals surface area contributed by atoms with Crippen molar-refractivity contribution in [1.82, 2.24) is 15.1 Å². The van der Waals surface area contributed by atoms with Gasteiger partial charge >= 0.3 is 0 Å². The maximum atomic E-state index is 12.3. The molecular weight excluding hydrogens is 226 g/mol. The summed E-state index contributed by atoms with van der Waals surface area (Å²) >= 11 is 0. The van der Waals surface area contributed by atoms with Crippen molar-refractivity contribution in [2.75, 3.05) is 39.8 Å². The van der Waals surface area contributed by atoms with Crippen molar-refractivity contribution in [3.8, 4) is 0 Å². The van der Waals surface area contributed by atoms with Crippen LogP contribution in [0.25, 0.3) is 0 Å². The van der Waals surface area contributed by atoms with Gasteiger partial charge in [0.2, 0.25) is 5.91 Å². The fraction of sp³-hybridized carbons (Fsp3) is 0.929. The van der Waals surface area contributed by atoms with Crippen LogP contribution in [0.15, 0.2) is 0 Å². The molecule has 4 heteroatoms. The number of carbonyl (C=O) groups excluding carboxylic acids is 1. The van der Waals surface area contributed by atoms with Gasteiger partial charge in [0.15, 0.2) is 0 Å². The number of nitrogens with one attached hydrogen (secondary N) is 1. The predicted octanol–water partition coefficient (Wildman–Crippen LogP) is 1.32. The molecule has 1 rings (SSSR count). The number of likely N-dealkylation sites (N-methyl/N-ethyl adjacent to an activating group) is 1. The van der Waals surface area contributed by atoms with E-state index in [0.717, 1.165) is 39.0 Å². The molecule has 0 aromatic heterocycles. The average Bonchev–Trinajstić information content (AvgIpc) is 2.38. The van der Waals surface area contributed by atoms with Crippen LogP contribution in [0, 0.1) is 0 Å². The van der Waals surface area contributed by atoms with Gasteiger partial charge in [0.1, 0.15) is 0 Å². The van der Waals surface area contributed by atoms with Gasteiger partial charge in [-0.15, -0.1) is 0 Å². The Bertz CT molecular complexity index is 239. The van der Waals surface area contributed by atoms with Gasteiger partial charge in [0, 0.05) is 25.7 Å². The van der Waals surface area contributed by atoms with Crippen LogP contribution in [0.2, 0.25) is 0 Å². The number of carbonyl (C=O) groups is 1. The molecule has 1 heterocycles. The summed E-state index contributed by atoms with van der Waals surface area (Å²) in [6.45, 7) is 8.73. The Morgan fingerprint density at radius 2 is 2.00 bits per heavy atom. The monoisotopic (exact) mass is 255 g/mol. The standard InChI is InChI=1S/C14H29N3O/c1-4-8-17(9-5-2)14(18)12-16-10-6-7-13(11-16)15-3/h13,15H,4-12H2,1-3H3. The normalized spacial score (nSPS) is 20.9. The highest BCUT2D eigenvalue weighted by molar-refractivity contribution is 5.78. The lowest BCUT2D eigenvalue weighted by Crippen LogP contribution is -2.48. The molecule has 1 fully saturated rings. The lowest BCUT2D eigenvalue weighted by atomic mass is 10.1. The first-order chi connectivity index (χ1) is 8.71. The van der Waals surface area contributed by atoms with Crippen LogP contribution >= 0.6 is 0 Å². The molecule has 1 saturated heterocycles. The van der Waals surface area contributed by atoms with Gasteiger partial charge in [0.05, 0.1) is 6.54 Å². The topological polar surface area (TPSA) is 35.6 Å². The SMILES string of the molecule is CCCN(CCC)C(=O)CN1CCCC(NC)C1. The van der Waals surface area contributed by atoms with Crippen LogP contribution in [0.4, 0.5) is 0 Å². The summed E-state index contributed by atoms with van der Waals surface area (Å²) < 4.78 is 0. The van der Waals surface area contributed by atoms with Gasteiger partial charge in [-0.2, -0.15) is 0 Å². The largest absolute Gasteiger partial charge is 0.342 e. The van der Waals surface area contributed by atoms with E-state index in [9.17, 15) is 4.79 Å². The minimum absolute atomic E-state index is 0.301. The van der Waals surface area contributed by atoms with Crippen LogP contribution in [-0.2, 0) is 4.79 Å². The smallest absolute Gasteiger partial charge is 0.236 e. The second-order valence-electron chi connectivity index (χ2n) is 5.24. The predicted molar refractivity (Wildman–Crippen MR) is 75.7 cm³/mol. The van der Waals surface area contributed by atoms with Gasteiger partial charge in [-0.3, -0.25) is 9.69 Å². The molecule has 0 aliphatic carbocycles. The highest BCUT2D eigenvalue weighted by Gasteiger charge is 2.22. The van der Waals surface area contributed by atoms with Gasteiger partial charge in [-0.1, -0.05) is 13.8 Å². The first-order valence-electron chi connectivity index (χ1n) is 7.38. The third-order valence-electron chi connectivity index (χ3n) is 3.61. The summed E-state index contributed by atoms with van der Waals surface area (Å²) in [5, 5.41) is 3.32. The summed E-state index contributed by atoms with van der Waals surface area (Å²) in [6.07, 6.45) is 4.52. The Morgan fingerprint density at radius 1 is 1.33 bits per heavy atom. The third-order valence-corrected chi connectivity index (χ3v) is 3.61. The number of rotatable bonds is 7. The molecule has 1 aliphatic rings. The van der Waals surface area contributed by atoms with Crippen molar-refractivity contribution in [3.05, 3.63) is 0 Å². The van der Waals surface area contributed by atoms with E-state index >= 15 is 0 Å². The first-order valence-corrected chi connectivity index (χ1v) is 7.38. The maximum absolute atomic E-state index is 12.3. The van der Waals surface area contributed by atoms with Gasteiger partial charge < -0.3 is 10.2 Å². The van der Waals surface area contributed by atoms with Crippen molar-refractivity contribution in [2.24, 2.45) is 0 Å². The number of hydrogen-bond donors (Lipinski definition) is 1. The van der Waals surface area contributed by atoms with E-state index in [2.05, 4.69) is 24.1 Å². The molecule has 106 valence electrons. The molecule has 0 aromatic rings. The van der Waals surface area contributed by atoms with Crippen LogP contribution in [-0.4, -0.2) is 61.5 Å². The molecule has 1 N–H and O–H groups in total. The summed E-state index contributed by atoms with van der Waals surface area (Å²) in [5.74, 6) is 0.301. The number of piperidine rings is 1. The Morgan fingerprint density at radius 3 is 2.56 bits per heavy atom. The zero-order valence-corrected chi connectivity index (χ0v) is 12.2. The Labute approximate surface area is 112 Å². The molecule has 1 atom stereocenters. The van der Waals surface area contributed by atoms with Gasteiger partial charge in [-0.25, -0.2) is 0 Å².